The van der Waals surface area contributed by atoms with Crippen LogP contribution in [0.3, 0.4) is 0 Å². The van der Waals surface area contributed by atoms with Crippen molar-refractivity contribution in [2.24, 2.45) is 4.99 Å². The number of methoxy groups -OCH3 is 1. The van der Waals surface area contributed by atoms with E-state index in [4.69, 9.17) is 32.9 Å². The van der Waals surface area contributed by atoms with Gasteiger partial charge in [0.05, 0.1) is 24.1 Å². The van der Waals surface area contributed by atoms with Gasteiger partial charge in [-0.1, -0.05) is 65.7 Å². The van der Waals surface area contributed by atoms with Gasteiger partial charge in [-0.3, -0.25) is 19.6 Å². The molecular weight excluding hydrogens is 723 g/mol. The number of hydrogen-bond donors (Lipinski definition) is 2. The number of carboxylic acids is 1. The number of ether oxygens (including phenoxy) is 1. The van der Waals surface area contributed by atoms with E-state index < -0.39 is 23.4 Å². The summed E-state index contributed by atoms with van der Waals surface area (Å²) in [7, 11) is 1.34. The lowest BCUT2D eigenvalue weighted by Crippen LogP contribution is -2.53. The van der Waals surface area contributed by atoms with E-state index in [1.165, 1.54) is 18.4 Å². The van der Waals surface area contributed by atoms with E-state index in [9.17, 15) is 19.5 Å². The van der Waals surface area contributed by atoms with Crippen molar-refractivity contribution in [3.05, 3.63) is 116 Å². The van der Waals surface area contributed by atoms with E-state index >= 15 is 0 Å². The molecule has 3 aromatic carbocycles. The molecule has 1 aromatic heterocycles. The molecule has 52 heavy (non-hydrogen) atoms. The molecule has 0 bridgehead atoms. The molecule has 0 aliphatic carbocycles. The number of anilines is 1. The number of nitrogens with one attached hydrogen (secondary N) is 1. The Morgan fingerprint density at radius 1 is 1.02 bits per heavy atom. The largest absolute Gasteiger partial charge is 0.481 e. The highest BCUT2D eigenvalue weighted by Gasteiger charge is 2.42. The zero-order valence-corrected chi connectivity index (χ0v) is 31.0. The van der Waals surface area contributed by atoms with Crippen molar-refractivity contribution < 1.29 is 24.2 Å². The van der Waals surface area contributed by atoms with Crippen molar-refractivity contribution >= 4 is 64.0 Å². The summed E-state index contributed by atoms with van der Waals surface area (Å²) >= 11 is 14.3. The maximum atomic E-state index is 13.6. The van der Waals surface area contributed by atoms with Crippen LogP contribution in [0.1, 0.15) is 36.0 Å². The average Bonchev–Trinajstić information content (AvgIpc) is 3.80. The molecule has 7 rings (SSSR count). The average molecular weight is 760 g/mol. The molecule has 2 amide bonds. The maximum Gasteiger partial charge on any atom is 0.338 e. The van der Waals surface area contributed by atoms with Crippen molar-refractivity contribution in [3.8, 4) is 11.1 Å². The number of nitrogens with zero attached hydrogens (tertiary/aromatic N) is 5. The number of amidine groups is 1. The highest BCUT2D eigenvalue weighted by molar-refractivity contribution is 7.11. The third kappa shape index (κ3) is 6.79. The van der Waals surface area contributed by atoms with E-state index in [1.807, 2.05) is 58.8 Å². The molecule has 0 radical (unpaired) electrons. The fraction of sp³-hybridized carbons (Fsp3) is 0.289. The zero-order valence-electron chi connectivity index (χ0n) is 28.7. The molecule has 2 saturated heterocycles. The number of aliphatic imine (C=N–C) groups is 1. The molecule has 2 atom stereocenters. The SMILES string of the molecule is COC(=O)C1=C(CN2CCN3C(=O)N(c4ccc(-c5ccc(C(C)(C)C(=O)O)cc5)cc4)C[C@@H]3C2)NC(c2nccs2)=N[C@H]1c1ccc(Cl)cc1Cl. The molecular formula is C38H36Cl2N6O5S. The van der Waals surface area contributed by atoms with E-state index in [0.717, 1.165) is 22.4 Å². The van der Waals surface area contributed by atoms with Gasteiger partial charge in [-0.15, -0.1) is 11.3 Å². The van der Waals surface area contributed by atoms with Crippen LogP contribution in [0.2, 0.25) is 10.0 Å². The summed E-state index contributed by atoms with van der Waals surface area (Å²) in [6.45, 7) is 5.98. The molecule has 2 N–H and O–H groups in total. The van der Waals surface area contributed by atoms with Crippen molar-refractivity contribution in [1.82, 2.24) is 20.1 Å². The molecule has 4 heterocycles. The smallest absolute Gasteiger partial charge is 0.338 e. The number of fused-ring (bicyclic) bond motifs is 1. The van der Waals surface area contributed by atoms with Crippen LogP contribution >= 0.6 is 34.5 Å². The van der Waals surface area contributed by atoms with Crippen LogP contribution in [0, 0.1) is 0 Å². The maximum absolute atomic E-state index is 13.6. The summed E-state index contributed by atoms with van der Waals surface area (Å²) in [5, 5.41) is 16.3. The summed E-state index contributed by atoms with van der Waals surface area (Å²) in [6.07, 6.45) is 1.70. The Balaban J connectivity index is 1.09. The minimum absolute atomic E-state index is 0.0430. The second-order valence-electron chi connectivity index (χ2n) is 13.4. The third-order valence-corrected chi connectivity index (χ3v) is 11.2. The molecule has 0 saturated carbocycles. The van der Waals surface area contributed by atoms with Gasteiger partial charge in [-0.25, -0.2) is 14.6 Å². The predicted molar refractivity (Wildman–Crippen MR) is 202 cm³/mol. The van der Waals surface area contributed by atoms with E-state index in [0.29, 0.717) is 70.4 Å². The van der Waals surface area contributed by atoms with Gasteiger partial charge < -0.3 is 20.1 Å². The number of aliphatic carboxylic acids is 1. The number of amides is 2. The van der Waals surface area contributed by atoms with Gasteiger partial charge in [0.2, 0.25) is 0 Å². The lowest BCUT2D eigenvalue weighted by atomic mass is 9.84. The number of aromatic nitrogens is 1. The van der Waals surface area contributed by atoms with Gasteiger partial charge in [0.25, 0.3) is 0 Å². The molecule has 268 valence electrons. The van der Waals surface area contributed by atoms with Gasteiger partial charge in [0.1, 0.15) is 6.04 Å². The van der Waals surface area contributed by atoms with E-state index in [-0.39, 0.29) is 12.1 Å². The fourth-order valence-corrected chi connectivity index (χ4v) is 7.96. The number of esters is 1. The van der Waals surface area contributed by atoms with Crippen molar-refractivity contribution in [1.29, 1.82) is 0 Å². The van der Waals surface area contributed by atoms with Crippen molar-refractivity contribution in [2.45, 2.75) is 31.3 Å². The number of piperazine rings is 1. The Kier molecular flexibility index (Phi) is 9.83. The number of thiazole rings is 1. The molecule has 2 fully saturated rings. The molecule has 0 spiro atoms. The first-order valence-corrected chi connectivity index (χ1v) is 18.3. The minimum Gasteiger partial charge on any atom is -0.481 e. The highest BCUT2D eigenvalue weighted by Crippen LogP contribution is 2.38. The minimum atomic E-state index is -0.985. The van der Waals surface area contributed by atoms with Gasteiger partial charge in [-0.05, 0) is 54.8 Å². The molecule has 3 aliphatic heterocycles. The van der Waals surface area contributed by atoms with E-state index in [2.05, 4.69) is 15.2 Å². The first kappa shape index (κ1) is 35.6. The second kappa shape index (κ2) is 14.3. The van der Waals surface area contributed by atoms with Crippen LogP contribution < -0.4 is 10.2 Å². The Morgan fingerprint density at radius 2 is 1.73 bits per heavy atom. The number of benzene rings is 3. The summed E-state index contributed by atoms with van der Waals surface area (Å²) in [5.41, 5.74) is 4.06. The zero-order chi connectivity index (χ0) is 36.7. The van der Waals surface area contributed by atoms with Crippen molar-refractivity contribution in [3.63, 3.8) is 0 Å². The summed E-state index contributed by atoms with van der Waals surface area (Å²) in [6, 6.07) is 19.6. The lowest BCUT2D eigenvalue weighted by molar-refractivity contribution is -0.142. The monoisotopic (exact) mass is 758 g/mol. The normalized spacial score (nSPS) is 19.3. The number of rotatable bonds is 9. The predicted octanol–water partition coefficient (Wildman–Crippen LogP) is 6.62. The Hall–Kier alpha value is -4.75. The Labute approximate surface area is 315 Å². The second-order valence-corrected chi connectivity index (χ2v) is 15.2. The highest BCUT2D eigenvalue weighted by atomic mass is 35.5. The molecule has 14 heteroatoms. The number of carbonyl (C=O) groups is 3. The Bertz CT molecular complexity index is 2090. The standard InChI is InChI=1S/C38H36Cl2N6O5S/c1-38(2,36(48)49)24-8-4-22(5-9-24)23-6-11-26(12-7-23)46-20-27-19-44(15-16-45(27)37(46)50)21-30-31(35(47)51-3)32(28-13-10-25(39)18-29(28)40)43-33(42-30)34-41-14-17-52-34/h4-14,17-18,27,32H,15-16,19-21H2,1-3H3,(H,42,43)(H,48,49)/t27-,32-/m0/s1. The van der Waals surface area contributed by atoms with Gasteiger partial charge in [0.15, 0.2) is 10.8 Å². The summed E-state index contributed by atoms with van der Waals surface area (Å²) in [5.74, 6) is -0.876. The van der Waals surface area contributed by atoms with Crippen LogP contribution in [0.4, 0.5) is 10.5 Å². The van der Waals surface area contributed by atoms with Crippen LogP contribution in [-0.2, 0) is 19.7 Å². The van der Waals surface area contributed by atoms with Crippen LogP contribution in [0.25, 0.3) is 11.1 Å². The summed E-state index contributed by atoms with van der Waals surface area (Å²) in [4.78, 5) is 54.0. The lowest BCUT2D eigenvalue weighted by Gasteiger charge is -2.38. The third-order valence-electron chi connectivity index (χ3n) is 9.90. The van der Waals surface area contributed by atoms with Crippen LogP contribution in [-0.4, -0.2) is 89.6 Å². The number of halogens is 2. The Morgan fingerprint density at radius 3 is 2.37 bits per heavy atom. The number of hydrogen-bond acceptors (Lipinski definition) is 9. The number of urea groups is 1. The first-order chi connectivity index (χ1) is 24.9. The van der Waals surface area contributed by atoms with Crippen LogP contribution in [0.5, 0.6) is 0 Å². The van der Waals surface area contributed by atoms with Gasteiger partial charge in [0, 0.05) is 71.3 Å². The number of carbonyl (C=O) groups excluding carboxylic acids is 2. The molecule has 3 aliphatic rings. The van der Waals surface area contributed by atoms with Crippen LogP contribution in [0.15, 0.2) is 94.6 Å². The van der Waals surface area contributed by atoms with Gasteiger partial charge >= 0.3 is 18.0 Å². The fourth-order valence-electron chi connectivity index (χ4n) is 6.86. The van der Waals surface area contributed by atoms with E-state index in [1.54, 1.807) is 43.1 Å². The topological polar surface area (TPSA) is 128 Å². The van der Waals surface area contributed by atoms with Gasteiger partial charge in [-0.2, -0.15) is 0 Å². The molecule has 4 aromatic rings. The molecule has 11 nitrogen and oxygen atoms in total. The number of carboxylic acid groups (broad SMARTS) is 1. The quantitative estimate of drug-likeness (QED) is 0.182. The van der Waals surface area contributed by atoms with Crippen molar-refractivity contribution in [2.75, 3.05) is 44.7 Å². The molecule has 0 unspecified atom stereocenters. The summed E-state index contributed by atoms with van der Waals surface area (Å²) < 4.78 is 5.27. The first-order valence-electron chi connectivity index (χ1n) is 16.7.